The first kappa shape index (κ1) is 23.6. The molecule has 2 fully saturated rings. The van der Waals surface area contributed by atoms with E-state index in [0.29, 0.717) is 43.6 Å². The first-order valence-electron chi connectivity index (χ1n) is 11.3. The third-order valence-electron chi connectivity index (χ3n) is 6.02. The minimum absolute atomic E-state index is 0.0322. The summed E-state index contributed by atoms with van der Waals surface area (Å²) in [5.41, 5.74) is 1.82. The highest BCUT2D eigenvalue weighted by Gasteiger charge is 2.22. The lowest BCUT2D eigenvalue weighted by molar-refractivity contribution is -0.126. The van der Waals surface area contributed by atoms with Gasteiger partial charge < -0.3 is 33.6 Å². The number of carbonyl (C=O) groups is 1. The summed E-state index contributed by atoms with van der Waals surface area (Å²) in [6.07, 6.45) is 5.13. The van der Waals surface area contributed by atoms with Crippen LogP contribution in [0.3, 0.4) is 0 Å². The maximum Gasteiger partial charge on any atom is 0.246 e. The fraction of sp³-hybridized carbons (Fsp3) is 0.458. The second-order valence-electron chi connectivity index (χ2n) is 7.98. The number of nitrogens with zero attached hydrogens (tertiary/aromatic N) is 5. The van der Waals surface area contributed by atoms with Gasteiger partial charge in [-0.15, -0.1) is 5.10 Å². The van der Waals surface area contributed by atoms with Crippen molar-refractivity contribution < 1.29 is 23.7 Å². The normalized spacial score (nSPS) is 16.6. The van der Waals surface area contributed by atoms with Gasteiger partial charge in [-0.3, -0.25) is 4.79 Å². The van der Waals surface area contributed by atoms with Gasteiger partial charge in [-0.05, 0) is 23.8 Å². The highest BCUT2D eigenvalue weighted by molar-refractivity contribution is 5.92. The molecule has 0 saturated carbocycles. The molecule has 10 heteroatoms. The van der Waals surface area contributed by atoms with Crippen LogP contribution in [0.2, 0.25) is 0 Å². The molecule has 0 unspecified atom stereocenters. The largest absolute Gasteiger partial charge is 0.493 e. The minimum atomic E-state index is -0.0322. The number of morpholine rings is 1. The fourth-order valence-corrected chi connectivity index (χ4v) is 4.12. The molecule has 0 N–H and O–H groups in total. The summed E-state index contributed by atoms with van der Waals surface area (Å²) in [7, 11) is 4.69. The smallest absolute Gasteiger partial charge is 0.246 e. The Morgan fingerprint density at radius 1 is 0.912 bits per heavy atom. The van der Waals surface area contributed by atoms with Gasteiger partial charge in [0, 0.05) is 51.4 Å². The third kappa shape index (κ3) is 5.33. The Balaban J connectivity index is 1.36. The monoisotopic (exact) mass is 469 g/mol. The van der Waals surface area contributed by atoms with E-state index in [1.807, 2.05) is 17.0 Å². The molecule has 0 radical (unpaired) electrons. The van der Waals surface area contributed by atoms with E-state index in [4.69, 9.17) is 18.9 Å². The number of rotatable bonds is 7. The molecule has 4 rings (SSSR count). The van der Waals surface area contributed by atoms with Crippen molar-refractivity contribution in [3.63, 3.8) is 0 Å². The zero-order chi connectivity index (χ0) is 23.9. The summed E-state index contributed by atoms with van der Waals surface area (Å²) < 4.78 is 21.5. The molecular weight excluding hydrogens is 438 g/mol. The standard InChI is InChI=1S/C24H31N5O5/c1-31-20-14-18(15-21(32-2)24(20)33-3)4-5-23(30)29-8-6-27(7-9-29)19-16-22(26-25-17-19)28-10-12-34-13-11-28/h4-5,14-17H,6-13H2,1-3H3/b5-4+. The van der Waals surface area contributed by atoms with Gasteiger partial charge in [0.05, 0.1) is 46.4 Å². The summed E-state index contributed by atoms with van der Waals surface area (Å²) >= 11 is 0. The highest BCUT2D eigenvalue weighted by Crippen LogP contribution is 2.38. The average Bonchev–Trinajstić information content (AvgIpc) is 2.91. The van der Waals surface area contributed by atoms with E-state index in [1.54, 1.807) is 39.7 Å². The predicted octanol–water partition coefficient (Wildman–Crippen LogP) is 1.70. The minimum Gasteiger partial charge on any atom is -0.493 e. The van der Waals surface area contributed by atoms with Gasteiger partial charge in [0.25, 0.3) is 0 Å². The maximum atomic E-state index is 12.8. The van der Waals surface area contributed by atoms with Crippen molar-refractivity contribution in [3.05, 3.63) is 36.0 Å². The average molecular weight is 470 g/mol. The second kappa shape index (κ2) is 11.1. The molecule has 10 nitrogen and oxygen atoms in total. The molecule has 2 saturated heterocycles. The van der Waals surface area contributed by atoms with E-state index >= 15 is 0 Å². The molecule has 34 heavy (non-hydrogen) atoms. The molecule has 0 aliphatic carbocycles. The molecule has 2 aliphatic rings. The van der Waals surface area contributed by atoms with Gasteiger partial charge in [0.2, 0.25) is 11.7 Å². The van der Waals surface area contributed by atoms with Crippen LogP contribution >= 0.6 is 0 Å². The lowest BCUT2D eigenvalue weighted by atomic mass is 10.1. The van der Waals surface area contributed by atoms with Gasteiger partial charge in [-0.1, -0.05) is 0 Å². The van der Waals surface area contributed by atoms with Gasteiger partial charge >= 0.3 is 0 Å². The van der Waals surface area contributed by atoms with E-state index in [2.05, 4.69) is 26.1 Å². The quantitative estimate of drug-likeness (QED) is 0.562. The Bertz CT molecular complexity index is 992. The summed E-state index contributed by atoms with van der Waals surface area (Å²) in [5, 5.41) is 8.48. The Labute approximate surface area is 199 Å². The van der Waals surface area contributed by atoms with E-state index in [-0.39, 0.29) is 5.91 Å². The summed E-state index contributed by atoms with van der Waals surface area (Å²) in [6.45, 7) is 5.78. The Morgan fingerprint density at radius 3 is 2.21 bits per heavy atom. The molecule has 2 aliphatic heterocycles. The predicted molar refractivity (Wildman–Crippen MR) is 129 cm³/mol. The van der Waals surface area contributed by atoms with Crippen molar-refractivity contribution in [1.29, 1.82) is 0 Å². The van der Waals surface area contributed by atoms with Crippen LogP contribution in [0.5, 0.6) is 17.2 Å². The van der Waals surface area contributed by atoms with Gasteiger partial charge in [-0.25, -0.2) is 0 Å². The molecule has 3 heterocycles. The molecule has 1 aromatic heterocycles. The van der Waals surface area contributed by atoms with Crippen LogP contribution in [0.1, 0.15) is 5.56 Å². The molecular formula is C24H31N5O5. The van der Waals surface area contributed by atoms with Crippen LogP contribution in [0.25, 0.3) is 6.08 Å². The van der Waals surface area contributed by atoms with Crippen molar-refractivity contribution >= 4 is 23.5 Å². The van der Waals surface area contributed by atoms with E-state index in [0.717, 1.165) is 43.2 Å². The number of benzene rings is 1. The SMILES string of the molecule is COc1cc(/C=C/C(=O)N2CCN(c3cnnc(N4CCOCC4)c3)CC2)cc(OC)c1OC. The van der Waals surface area contributed by atoms with Crippen molar-refractivity contribution in [2.24, 2.45) is 0 Å². The van der Waals surface area contributed by atoms with Crippen molar-refractivity contribution in [1.82, 2.24) is 15.1 Å². The summed E-state index contributed by atoms with van der Waals surface area (Å²) in [4.78, 5) is 19.1. The molecule has 0 spiro atoms. The van der Waals surface area contributed by atoms with Crippen molar-refractivity contribution in [3.8, 4) is 17.2 Å². The van der Waals surface area contributed by atoms with Crippen LogP contribution in [0.15, 0.2) is 30.5 Å². The molecule has 1 aromatic carbocycles. The third-order valence-corrected chi connectivity index (χ3v) is 6.02. The number of amides is 1. The number of carbonyl (C=O) groups excluding carboxylic acids is 1. The number of hydrogen-bond acceptors (Lipinski definition) is 9. The molecule has 0 atom stereocenters. The number of piperazine rings is 1. The van der Waals surface area contributed by atoms with E-state index < -0.39 is 0 Å². The number of aromatic nitrogens is 2. The summed E-state index contributed by atoms with van der Waals surface area (Å²) in [6, 6.07) is 5.69. The fourth-order valence-electron chi connectivity index (χ4n) is 4.12. The van der Waals surface area contributed by atoms with E-state index in [1.165, 1.54) is 0 Å². The van der Waals surface area contributed by atoms with Gasteiger partial charge in [0.15, 0.2) is 17.3 Å². The molecule has 1 amide bonds. The second-order valence-corrected chi connectivity index (χ2v) is 7.98. The summed E-state index contributed by atoms with van der Waals surface area (Å²) in [5.74, 6) is 2.45. The zero-order valence-electron chi connectivity index (χ0n) is 19.9. The van der Waals surface area contributed by atoms with Crippen LogP contribution < -0.4 is 24.0 Å². The highest BCUT2D eigenvalue weighted by atomic mass is 16.5. The van der Waals surface area contributed by atoms with Crippen molar-refractivity contribution in [2.75, 3.05) is 83.6 Å². The van der Waals surface area contributed by atoms with Gasteiger partial charge in [0.1, 0.15) is 0 Å². The number of hydrogen-bond donors (Lipinski definition) is 0. The van der Waals surface area contributed by atoms with Crippen LogP contribution in [0.4, 0.5) is 11.5 Å². The molecule has 182 valence electrons. The number of methoxy groups -OCH3 is 3. The first-order chi connectivity index (χ1) is 16.6. The lowest BCUT2D eigenvalue weighted by Gasteiger charge is -2.36. The number of ether oxygens (including phenoxy) is 4. The Morgan fingerprint density at radius 2 is 1.59 bits per heavy atom. The van der Waals surface area contributed by atoms with Crippen LogP contribution in [-0.2, 0) is 9.53 Å². The lowest BCUT2D eigenvalue weighted by Crippen LogP contribution is -2.48. The molecule has 0 bridgehead atoms. The number of anilines is 2. The van der Waals surface area contributed by atoms with E-state index in [9.17, 15) is 4.79 Å². The first-order valence-corrected chi connectivity index (χ1v) is 11.3. The maximum absolute atomic E-state index is 12.8. The van der Waals surface area contributed by atoms with Crippen LogP contribution in [0, 0.1) is 0 Å². The zero-order valence-corrected chi connectivity index (χ0v) is 19.9. The topological polar surface area (TPSA) is 89.5 Å². The van der Waals surface area contributed by atoms with Crippen LogP contribution in [-0.4, -0.2) is 94.8 Å². The van der Waals surface area contributed by atoms with Gasteiger partial charge in [-0.2, -0.15) is 5.10 Å². The Hall–Kier alpha value is -3.53. The molecule has 2 aromatic rings. The Kier molecular flexibility index (Phi) is 7.69. The van der Waals surface area contributed by atoms with Crippen molar-refractivity contribution in [2.45, 2.75) is 0 Å².